The Bertz CT molecular complexity index is 4830. The van der Waals surface area contributed by atoms with Crippen molar-refractivity contribution >= 4 is 99.6 Å². The molecule has 0 bridgehead atoms. The highest BCUT2D eigenvalue weighted by Crippen LogP contribution is 2.38. The minimum Gasteiger partial charge on any atom is -0.454 e. The third kappa shape index (κ3) is 35.4. The second-order valence-corrected chi connectivity index (χ2v) is 42.1. The maximum atomic E-state index is 14.5. The first-order valence-electron chi connectivity index (χ1n) is 52.5. The number of hydrogen-bond acceptors (Lipinski definition) is 24. The highest BCUT2D eigenvalue weighted by atomic mass is 16.5. The van der Waals surface area contributed by atoms with Crippen molar-refractivity contribution in [2.45, 2.75) is 313 Å². The molecule has 0 saturated carbocycles. The number of carbonyl (C=O) groups is 15. The average molecular weight is 2020 g/mol. The van der Waals surface area contributed by atoms with E-state index in [9.17, 15) is 71.9 Å². The van der Waals surface area contributed by atoms with Crippen molar-refractivity contribution in [1.29, 1.82) is 0 Å². The van der Waals surface area contributed by atoms with E-state index in [1.54, 1.807) is 83.5 Å². The van der Waals surface area contributed by atoms with E-state index in [2.05, 4.69) is 41.8 Å². The molecular weight excluding hydrogens is 1850 g/mol. The molecule has 2 fully saturated rings. The molecule has 0 unspecified atom stereocenters. The van der Waals surface area contributed by atoms with E-state index >= 15 is 0 Å². The van der Waals surface area contributed by atoms with Crippen molar-refractivity contribution in [2.75, 3.05) is 96.9 Å². The van der Waals surface area contributed by atoms with Crippen molar-refractivity contribution in [2.24, 2.45) is 81.2 Å². The minimum atomic E-state index is -0.776. The van der Waals surface area contributed by atoms with Gasteiger partial charge in [-0.25, -0.2) is 15.6 Å². The van der Waals surface area contributed by atoms with Gasteiger partial charge in [0.05, 0.1) is 90.5 Å². The average Bonchev–Trinajstić information content (AvgIpc) is 1.52. The summed E-state index contributed by atoms with van der Waals surface area (Å²) in [5, 5.41) is 8.76. The molecule has 0 aromatic heterocycles. The van der Waals surface area contributed by atoms with Crippen molar-refractivity contribution in [1.82, 2.24) is 50.1 Å². The maximum Gasteiger partial charge on any atom is 0.338 e. The molecule has 145 heavy (non-hydrogen) atoms. The standard InChI is InChI=1S/C61H90N6O11.C52H82N6O9/c1-15-40(6)57(65(12)60(74)47(38(2)3)36-50(69)56(39(4)5)64(10)11)51(76-13)37-55(73)66-34-22-25-48(66)59(77-14)42(8)49(68)35-41(7)58(45-23-18-16-19-24-45)78-61(75)46-29-27-44(28-30-46)43(9)62-63-52(70)26-20-17-21-33-67-53(71)31-32-54(67)72;1-14-35(6)50(56(11)52(65)39(33(2)3)31-42(60)49(34(4)5)55(9)10)43(66-12)32-47(64)57-29-21-24-40(57)51(67-13)37(8)41(59)30-36(7)48(38-22-17-15-18-23-38)54-53-44(61)25-19-16-20-28-58-45(62)26-27-46(58)63/h16,18-19,23-24,27-32,38-42,47-48,51,56-59H,15,17,20-22,25-26,33-37H2,1-14H3,(H,63,70);15,17-18,22-23,26-27,33-37,39-40,43,49-51H,14,16,19-21,24-25,28-32H2,1-13H3,(H,53,61)/t40-,41-,42-,47-,48-,51+,56-,57-,58+,59+;35-,36-,37-,39-,40-,43+,49-,50-,51+/m00/s1. The Morgan fingerprint density at radius 1 is 0.421 bits per heavy atom. The van der Waals surface area contributed by atoms with E-state index in [-0.39, 0.29) is 199 Å². The van der Waals surface area contributed by atoms with Crippen molar-refractivity contribution < 1.29 is 95.6 Å². The van der Waals surface area contributed by atoms with Crippen molar-refractivity contribution in [3.8, 4) is 0 Å². The number of esters is 1. The highest BCUT2D eigenvalue weighted by molar-refractivity contribution is 6.13. The monoisotopic (exact) mass is 2020 g/mol. The zero-order valence-corrected chi connectivity index (χ0v) is 91.8. The van der Waals surface area contributed by atoms with Crippen molar-refractivity contribution in [3.05, 3.63) is 131 Å². The number of carbonyl (C=O) groups excluding carboxylic acids is 15. The Balaban J connectivity index is 0.000000449. The van der Waals surface area contributed by atoms with Crippen LogP contribution < -0.4 is 10.9 Å². The first-order chi connectivity index (χ1) is 68.7. The molecule has 2 saturated heterocycles. The molecule has 0 spiro atoms. The molecule has 0 aliphatic carbocycles. The van der Waals surface area contributed by atoms with Gasteiger partial charge in [-0.15, -0.1) is 0 Å². The Hall–Kier alpha value is -10.5. The number of hydrogen-bond donors (Lipinski definition) is 2. The molecule has 19 atom stereocenters. The topological polar surface area (TPSA) is 377 Å². The number of methoxy groups -OCH3 is 4. The first kappa shape index (κ1) is 123. The quantitative estimate of drug-likeness (QED) is 0.0174. The molecule has 32 nitrogen and oxygen atoms in total. The molecule has 4 aliphatic rings. The number of hydrazone groups is 2. The molecular formula is C113H172N12O20. The van der Waals surface area contributed by atoms with Crippen LogP contribution in [0.4, 0.5) is 0 Å². The molecule has 3 aromatic carbocycles. The van der Waals surface area contributed by atoms with Gasteiger partial charge in [-0.3, -0.25) is 86.7 Å². The Labute approximate surface area is 863 Å². The van der Waals surface area contributed by atoms with E-state index in [0.29, 0.717) is 94.5 Å². The zero-order chi connectivity index (χ0) is 108. The molecule has 0 radical (unpaired) electrons. The highest BCUT2D eigenvalue weighted by Gasteiger charge is 2.48. The van der Waals surface area contributed by atoms with Gasteiger partial charge in [-0.05, 0) is 151 Å². The van der Waals surface area contributed by atoms with Gasteiger partial charge in [-0.1, -0.05) is 209 Å². The molecule has 804 valence electrons. The maximum absolute atomic E-state index is 14.5. The number of nitrogens with one attached hydrogen (secondary N) is 2. The number of Topliss-reactive ketones (excluding diaryl/α,β-unsaturated/α-hetero) is 4. The summed E-state index contributed by atoms with van der Waals surface area (Å²) in [6, 6.07) is 23.1. The van der Waals surface area contributed by atoms with Gasteiger partial charge in [0.1, 0.15) is 17.7 Å². The number of ketones is 4. The van der Waals surface area contributed by atoms with Crippen LogP contribution in [-0.4, -0.2) is 296 Å². The summed E-state index contributed by atoms with van der Waals surface area (Å²) in [4.78, 5) is 213. The van der Waals surface area contributed by atoms with Crippen LogP contribution in [0.1, 0.15) is 279 Å². The predicted molar refractivity (Wildman–Crippen MR) is 562 cm³/mol. The van der Waals surface area contributed by atoms with Gasteiger partial charge in [0.2, 0.25) is 35.4 Å². The number of imide groups is 2. The summed E-state index contributed by atoms with van der Waals surface area (Å²) in [7, 11) is 17.4. The number of nitrogens with zero attached hydrogens (tertiary/aromatic N) is 10. The SMILES string of the molecule is CC[C@H](C)[C@@H]([C@@H](CC(=O)N1CCC[C@H]1[C@H](OC)[C@@H](C)C(=O)C[C@H](C)C(=NNC(=O)CCCCCN1C(=O)C=CC1=O)c1ccccc1)OC)N(C)C(=O)[C@@H](CC(=O)[C@H](C(C)C)N(C)C)C(C)C.CC[C@H](C)[C@@H]([C@@H](CC(=O)N1CCC[C@H]1[C@H](OC)[C@@H](C)C(=O)C[C@H](C)[C@@H](OC(=O)c1ccc(C(C)=NNC(=O)CCCCCN2C(=O)C=CC2=O)cc1)c1ccccc1)OC)N(C)C(=O)[C@@H](CC(=O)[C@H](C(C)C)N(C)C)C(C)C. The number of unbranched alkanes of at least 4 members (excludes halogenated alkanes) is 4. The van der Waals surface area contributed by atoms with Crippen LogP contribution in [-0.2, 0) is 90.8 Å². The fourth-order valence-electron chi connectivity index (χ4n) is 21.3. The van der Waals surface area contributed by atoms with Crippen LogP contribution >= 0.6 is 0 Å². The number of likely N-dealkylation sites (N-methyl/N-ethyl adjacent to an activating group) is 4. The smallest absolute Gasteiger partial charge is 0.338 e. The molecule has 32 heteroatoms. The lowest BCUT2D eigenvalue weighted by molar-refractivity contribution is -0.149. The van der Waals surface area contributed by atoms with Crippen LogP contribution in [0.2, 0.25) is 0 Å². The first-order valence-corrected chi connectivity index (χ1v) is 52.5. The van der Waals surface area contributed by atoms with Gasteiger partial charge < -0.3 is 43.3 Å². The molecule has 10 amide bonds. The molecule has 4 aliphatic heterocycles. The van der Waals surface area contributed by atoms with E-state index < -0.39 is 84.2 Å². The fraction of sp³-hybridized carbons (Fsp3) is 0.655. The third-order valence-corrected chi connectivity index (χ3v) is 29.8. The molecule has 7 rings (SSSR count). The molecule has 4 heterocycles. The second-order valence-electron chi connectivity index (χ2n) is 42.1. The number of benzene rings is 3. The summed E-state index contributed by atoms with van der Waals surface area (Å²) in [5.74, 6) is -6.25. The second kappa shape index (κ2) is 60.7. The number of likely N-dealkylation sites (tertiary alicyclic amines) is 2. The summed E-state index contributed by atoms with van der Waals surface area (Å²) >= 11 is 0. The summed E-state index contributed by atoms with van der Waals surface area (Å²) in [5.41, 5.74) is 8.80. The summed E-state index contributed by atoms with van der Waals surface area (Å²) in [6.07, 6.45) is 10.5. The van der Waals surface area contributed by atoms with Gasteiger partial charge in [0.25, 0.3) is 23.6 Å². The van der Waals surface area contributed by atoms with Crippen LogP contribution in [0, 0.1) is 71.0 Å². The number of ether oxygens (including phenoxy) is 5. The van der Waals surface area contributed by atoms with E-state index in [4.69, 9.17) is 23.7 Å². The number of amides is 10. The van der Waals surface area contributed by atoms with E-state index in [1.165, 1.54) is 34.1 Å². The normalized spacial score (nSPS) is 18.7. The lowest BCUT2D eigenvalue weighted by Gasteiger charge is -2.41. The third-order valence-electron chi connectivity index (χ3n) is 29.8. The van der Waals surface area contributed by atoms with Gasteiger partial charge in [0.15, 0.2) is 11.6 Å². The lowest BCUT2D eigenvalue weighted by atomic mass is 9.83. The largest absolute Gasteiger partial charge is 0.454 e. The van der Waals surface area contributed by atoms with Gasteiger partial charge in [0, 0.05) is 167 Å². The zero-order valence-electron chi connectivity index (χ0n) is 91.8. The van der Waals surface area contributed by atoms with Crippen LogP contribution in [0.3, 0.4) is 0 Å². The predicted octanol–water partition coefficient (Wildman–Crippen LogP) is 14.6. The van der Waals surface area contributed by atoms with Crippen LogP contribution in [0.25, 0.3) is 0 Å². The van der Waals surface area contributed by atoms with Gasteiger partial charge >= 0.3 is 5.97 Å². The molecule has 2 N–H and O–H groups in total. The van der Waals surface area contributed by atoms with Crippen LogP contribution in [0.15, 0.2) is 119 Å². The van der Waals surface area contributed by atoms with Crippen LogP contribution in [0.5, 0.6) is 0 Å². The number of rotatable bonds is 61. The summed E-state index contributed by atoms with van der Waals surface area (Å²) in [6.45, 7) is 34.9. The Morgan fingerprint density at radius 2 is 0.800 bits per heavy atom. The lowest BCUT2D eigenvalue weighted by Crippen LogP contribution is -2.54. The minimum absolute atomic E-state index is 0.00633. The van der Waals surface area contributed by atoms with E-state index in [1.807, 2.05) is 198 Å². The van der Waals surface area contributed by atoms with Gasteiger partial charge in [-0.2, -0.15) is 10.2 Å². The fourth-order valence-corrected chi connectivity index (χ4v) is 21.3. The van der Waals surface area contributed by atoms with E-state index in [0.717, 1.165) is 36.8 Å². The molecule has 3 aromatic rings. The van der Waals surface area contributed by atoms with Crippen molar-refractivity contribution in [3.63, 3.8) is 0 Å². The Morgan fingerprint density at radius 3 is 1.17 bits per heavy atom. The summed E-state index contributed by atoms with van der Waals surface area (Å²) < 4.78 is 30.6. The Kier molecular flexibility index (Phi) is 51.6.